The molecule has 5 atom stereocenters. The van der Waals surface area contributed by atoms with Gasteiger partial charge in [-0.25, -0.2) is 4.79 Å². The number of carbonyl (C=O) groups excluding carboxylic acids is 5. The van der Waals surface area contributed by atoms with Crippen LogP contribution in [-0.2, 0) is 28.7 Å². The van der Waals surface area contributed by atoms with E-state index in [1.54, 1.807) is 0 Å². The smallest absolute Gasteiger partial charge is 0.407 e. The fourth-order valence-corrected chi connectivity index (χ4v) is 5.19. The number of fused-ring (bicyclic) bond motifs is 1. The van der Waals surface area contributed by atoms with E-state index in [-0.39, 0.29) is 62.1 Å². The summed E-state index contributed by atoms with van der Waals surface area (Å²) >= 11 is 0. The van der Waals surface area contributed by atoms with Gasteiger partial charge in [0.1, 0.15) is 12.1 Å². The van der Waals surface area contributed by atoms with Crippen LogP contribution >= 0.6 is 0 Å². The maximum Gasteiger partial charge on any atom is 0.407 e. The van der Waals surface area contributed by atoms with E-state index in [1.807, 2.05) is 34.6 Å². The number of ketones is 1. The summed E-state index contributed by atoms with van der Waals surface area (Å²) < 4.78 is 5.12. The number of Topliss-reactive ketones (excluding diaryl/α,β-unsaturated/α-hetero) is 1. The number of hydrogen-bond acceptors (Lipinski definition) is 7. The number of carboxylic acid groups (broad SMARTS) is 1. The minimum absolute atomic E-state index is 0.0152. The number of nitrogens with zero attached hydrogens (tertiary/aromatic N) is 1. The first-order valence-electron chi connectivity index (χ1n) is 13.4. The topological polar surface area (TPSA) is 171 Å². The Labute approximate surface area is 229 Å². The van der Waals surface area contributed by atoms with Gasteiger partial charge in [-0.2, -0.15) is 0 Å². The zero-order chi connectivity index (χ0) is 29.5. The highest BCUT2D eigenvalue weighted by Crippen LogP contribution is 2.64. The Kier molecular flexibility index (Phi) is 11.1. The van der Waals surface area contributed by atoms with Gasteiger partial charge in [0.15, 0.2) is 0 Å². The fraction of sp³-hybridized carbons (Fsp3) is 0.704. The molecule has 2 unspecified atom stereocenters. The molecule has 4 N–H and O–H groups in total. The van der Waals surface area contributed by atoms with Crippen molar-refractivity contribution in [3.05, 3.63) is 12.7 Å². The minimum Gasteiger partial charge on any atom is -0.481 e. The number of amides is 4. The van der Waals surface area contributed by atoms with Crippen LogP contribution in [-0.4, -0.2) is 83.4 Å². The maximum atomic E-state index is 13.6. The predicted molar refractivity (Wildman–Crippen MR) is 141 cm³/mol. The van der Waals surface area contributed by atoms with Crippen molar-refractivity contribution >= 4 is 35.6 Å². The van der Waals surface area contributed by atoms with E-state index in [0.717, 1.165) is 0 Å². The van der Waals surface area contributed by atoms with Crippen LogP contribution in [0, 0.1) is 23.2 Å². The first-order valence-corrected chi connectivity index (χ1v) is 13.4. The Bertz CT molecular complexity index is 979. The third kappa shape index (κ3) is 8.03. The minimum atomic E-state index is -1.21. The highest BCUT2D eigenvalue weighted by Gasteiger charge is 2.69. The van der Waals surface area contributed by atoms with Gasteiger partial charge in [0.05, 0.1) is 12.6 Å². The molecule has 0 bridgehead atoms. The quantitative estimate of drug-likeness (QED) is 0.174. The molecule has 0 aromatic heterocycles. The van der Waals surface area contributed by atoms with E-state index < -0.39 is 53.7 Å². The molecule has 1 saturated carbocycles. The van der Waals surface area contributed by atoms with Gasteiger partial charge < -0.3 is 30.7 Å². The van der Waals surface area contributed by atoms with E-state index in [9.17, 15) is 33.9 Å². The van der Waals surface area contributed by atoms with Gasteiger partial charge in [-0.1, -0.05) is 47.1 Å². The summed E-state index contributed by atoms with van der Waals surface area (Å²) in [7, 11) is 0. The molecule has 39 heavy (non-hydrogen) atoms. The molecular weight excluding hydrogens is 508 g/mol. The Morgan fingerprint density at radius 2 is 1.77 bits per heavy atom. The lowest BCUT2D eigenvalue weighted by Gasteiger charge is -2.33. The molecule has 0 aromatic carbocycles. The molecule has 2 aliphatic rings. The molecule has 1 heterocycles. The molecule has 1 aliphatic carbocycles. The highest BCUT2D eigenvalue weighted by atomic mass is 16.5. The summed E-state index contributed by atoms with van der Waals surface area (Å²) in [4.78, 5) is 77.2. The molecular formula is C27H42N4O8. The summed E-state index contributed by atoms with van der Waals surface area (Å²) in [6.07, 6.45) is 0.775. The van der Waals surface area contributed by atoms with E-state index in [4.69, 9.17) is 4.74 Å². The van der Waals surface area contributed by atoms with Crippen LogP contribution in [0.1, 0.15) is 60.3 Å². The molecule has 1 saturated heterocycles. The van der Waals surface area contributed by atoms with E-state index >= 15 is 0 Å². The van der Waals surface area contributed by atoms with Crippen molar-refractivity contribution in [2.24, 2.45) is 23.2 Å². The fourth-order valence-electron chi connectivity index (χ4n) is 5.19. The van der Waals surface area contributed by atoms with Crippen molar-refractivity contribution in [2.75, 3.05) is 19.7 Å². The van der Waals surface area contributed by atoms with Crippen LogP contribution in [0.15, 0.2) is 12.7 Å². The molecule has 2 rings (SSSR count). The van der Waals surface area contributed by atoms with Crippen LogP contribution < -0.4 is 16.0 Å². The van der Waals surface area contributed by atoms with Gasteiger partial charge >= 0.3 is 12.1 Å². The zero-order valence-electron chi connectivity index (χ0n) is 23.5. The largest absolute Gasteiger partial charge is 0.481 e. The first-order chi connectivity index (χ1) is 18.3. The van der Waals surface area contributed by atoms with Crippen molar-refractivity contribution < 1.29 is 38.6 Å². The lowest BCUT2D eigenvalue weighted by molar-refractivity contribution is -0.144. The zero-order valence-corrected chi connectivity index (χ0v) is 23.5. The van der Waals surface area contributed by atoms with Crippen molar-refractivity contribution in [3.63, 3.8) is 0 Å². The molecule has 12 nitrogen and oxygen atoms in total. The Hall–Kier alpha value is -3.44. The number of hydrogen-bond donors (Lipinski definition) is 4. The van der Waals surface area contributed by atoms with Gasteiger partial charge in [-0.3, -0.25) is 24.0 Å². The van der Waals surface area contributed by atoms with Crippen LogP contribution in [0.4, 0.5) is 4.79 Å². The highest BCUT2D eigenvalue weighted by molar-refractivity contribution is 6.38. The number of alkyl carbamates (subject to hydrolysis) is 1. The standard InChI is InChI=1S/C27H42N4O8/c1-7-9-17(22(34)24(36)28-12-8-2)29-23(35)21-20-16(27(20,5)6)13-31(21)25(37)18(10-11-19(32)33)30-26(38)39-14-15(3)4/h8,15-18,20-21H,2,7,9-14H2,1,3-6H3,(H,28,36)(H,29,35)(H,30,38)(H,32,33)/t16-,17?,18?,20-,21-/m0/s1. The average molecular weight is 551 g/mol. The number of carbonyl (C=O) groups is 6. The Balaban J connectivity index is 2.25. The summed E-state index contributed by atoms with van der Waals surface area (Å²) in [6, 6.07) is -3.23. The van der Waals surface area contributed by atoms with E-state index in [0.29, 0.717) is 6.42 Å². The Morgan fingerprint density at radius 1 is 1.10 bits per heavy atom. The molecule has 4 amide bonds. The second-order valence-electron chi connectivity index (χ2n) is 11.2. The number of rotatable bonds is 15. The summed E-state index contributed by atoms with van der Waals surface area (Å²) in [6.45, 7) is 13.5. The van der Waals surface area contributed by atoms with Crippen LogP contribution in [0.3, 0.4) is 0 Å². The van der Waals surface area contributed by atoms with E-state index in [2.05, 4.69) is 22.5 Å². The number of nitrogens with one attached hydrogen (secondary N) is 3. The lowest BCUT2D eigenvalue weighted by Crippen LogP contribution is -2.58. The number of likely N-dealkylation sites (tertiary alicyclic amines) is 1. The molecule has 0 radical (unpaired) electrons. The van der Waals surface area contributed by atoms with Gasteiger partial charge in [0.25, 0.3) is 5.91 Å². The van der Waals surface area contributed by atoms with Gasteiger partial charge in [-0.05, 0) is 36.0 Å². The third-order valence-corrected chi connectivity index (χ3v) is 7.39. The number of ether oxygens (including phenoxy) is 1. The maximum absolute atomic E-state index is 13.6. The third-order valence-electron chi connectivity index (χ3n) is 7.39. The van der Waals surface area contributed by atoms with Crippen molar-refractivity contribution in [1.82, 2.24) is 20.9 Å². The SMILES string of the molecule is C=CCNC(=O)C(=O)C(CCC)NC(=O)[C@@H]1[C@@H]2[C@H](CN1C(=O)C(CCC(=O)O)NC(=O)OCC(C)C)C2(C)C. The normalized spacial score (nSPS) is 22.2. The van der Waals surface area contributed by atoms with Crippen LogP contribution in [0.2, 0.25) is 0 Å². The van der Waals surface area contributed by atoms with Gasteiger partial charge in [0.2, 0.25) is 17.6 Å². The van der Waals surface area contributed by atoms with Crippen molar-refractivity contribution in [2.45, 2.75) is 78.4 Å². The number of aliphatic carboxylic acids is 1. The summed E-state index contributed by atoms with van der Waals surface area (Å²) in [5.41, 5.74) is -0.232. The van der Waals surface area contributed by atoms with E-state index in [1.165, 1.54) is 11.0 Å². The molecule has 0 aromatic rings. The first kappa shape index (κ1) is 31.8. The summed E-state index contributed by atoms with van der Waals surface area (Å²) in [5, 5.41) is 16.7. The van der Waals surface area contributed by atoms with Crippen LogP contribution in [0.5, 0.6) is 0 Å². The Morgan fingerprint density at radius 3 is 2.33 bits per heavy atom. The van der Waals surface area contributed by atoms with Crippen LogP contribution in [0.25, 0.3) is 0 Å². The van der Waals surface area contributed by atoms with Crippen molar-refractivity contribution in [1.29, 1.82) is 0 Å². The van der Waals surface area contributed by atoms with Crippen molar-refractivity contribution in [3.8, 4) is 0 Å². The molecule has 2 fully saturated rings. The average Bonchev–Trinajstić information content (AvgIpc) is 3.19. The predicted octanol–water partition coefficient (Wildman–Crippen LogP) is 1.24. The molecule has 218 valence electrons. The number of carboxylic acids is 1. The number of piperidine rings is 1. The van der Waals surface area contributed by atoms with Gasteiger partial charge in [-0.15, -0.1) is 6.58 Å². The molecule has 1 aliphatic heterocycles. The summed E-state index contributed by atoms with van der Waals surface area (Å²) in [5.74, 6) is -4.04. The van der Waals surface area contributed by atoms with Gasteiger partial charge in [0, 0.05) is 19.5 Å². The molecule has 12 heteroatoms. The lowest BCUT2D eigenvalue weighted by atomic mass is 9.98. The monoisotopic (exact) mass is 550 g/mol. The second-order valence-corrected chi connectivity index (χ2v) is 11.2. The molecule has 0 spiro atoms. The second kappa shape index (κ2) is 13.6.